The average molecular weight is 196 g/mol. The number of methoxy groups -OCH3 is 1. The Hall–Kier alpha value is -1.26. The highest BCUT2D eigenvalue weighted by Gasteiger charge is 2.10. The highest BCUT2D eigenvalue weighted by atomic mass is 16.5. The van der Waals surface area contributed by atoms with Crippen molar-refractivity contribution < 1.29 is 9.84 Å². The molecule has 0 aliphatic carbocycles. The molecule has 0 bridgehead atoms. The summed E-state index contributed by atoms with van der Waals surface area (Å²) in [7, 11) is 1.55. The van der Waals surface area contributed by atoms with Gasteiger partial charge in [0.05, 0.1) is 7.11 Å². The summed E-state index contributed by atoms with van der Waals surface area (Å²) in [6.07, 6.45) is 0.653. The second-order valence-electron chi connectivity index (χ2n) is 3.11. The van der Waals surface area contributed by atoms with Gasteiger partial charge in [-0.3, -0.25) is 0 Å². The van der Waals surface area contributed by atoms with Crippen LogP contribution in [0.2, 0.25) is 0 Å². The van der Waals surface area contributed by atoms with E-state index in [4.69, 9.17) is 16.2 Å². The number of hydrogen-bond donors (Lipinski definition) is 3. The summed E-state index contributed by atoms with van der Waals surface area (Å²) in [5.41, 5.74) is 11.9. The van der Waals surface area contributed by atoms with Gasteiger partial charge in [0.25, 0.3) is 0 Å². The van der Waals surface area contributed by atoms with Crippen LogP contribution in [0.4, 0.5) is 0 Å². The Morgan fingerprint density at radius 2 is 2.21 bits per heavy atom. The summed E-state index contributed by atoms with van der Waals surface area (Å²) in [6, 6.07) is 4.86. The number of nitrogens with two attached hydrogens (primary N) is 2. The summed E-state index contributed by atoms with van der Waals surface area (Å²) >= 11 is 0. The van der Waals surface area contributed by atoms with E-state index in [9.17, 15) is 5.11 Å². The number of rotatable bonds is 4. The van der Waals surface area contributed by atoms with Gasteiger partial charge in [-0.25, -0.2) is 0 Å². The van der Waals surface area contributed by atoms with E-state index < -0.39 is 0 Å². The molecule has 0 aromatic heterocycles. The number of ether oxygens (including phenoxy) is 1. The van der Waals surface area contributed by atoms with Crippen molar-refractivity contribution in [2.75, 3.05) is 13.7 Å². The second-order valence-corrected chi connectivity index (χ2v) is 3.11. The summed E-state index contributed by atoms with van der Waals surface area (Å²) in [6.45, 7) is 0.507. The smallest absolute Gasteiger partial charge is 0.124 e. The third-order valence-corrected chi connectivity index (χ3v) is 2.11. The SMILES string of the molecule is COc1ccc([C@H](N)CCN)c(O)c1. The van der Waals surface area contributed by atoms with Crippen LogP contribution in [0.5, 0.6) is 11.5 Å². The largest absolute Gasteiger partial charge is 0.507 e. The highest BCUT2D eigenvalue weighted by molar-refractivity contribution is 5.41. The first kappa shape index (κ1) is 10.8. The quantitative estimate of drug-likeness (QED) is 0.663. The van der Waals surface area contributed by atoms with Crippen molar-refractivity contribution in [1.82, 2.24) is 0 Å². The predicted molar refractivity (Wildman–Crippen MR) is 55.3 cm³/mol. The number of benzene rings is 1. The Kier molecular flexibility index (Phi) is 3.73. The molecule has 1 atom stereocenters. The van der Waals surface area contributed by atoms with Crippen molar-refractivity contribution in [3.05, 3.63) is 23.8 Å². The number of phenolic OH excluding ortho intramolecular Hbond substituents is 1. The van der Waals surface area contributed by atoms with Gasteiger partial charge in [0.2, 0.25) is 0 Å². The van der Waals surface area contributed by atoms with Gasteiger partial charge < -0.3 is 21.3 Å². The normalized spacial score (nSPS) is 12.5. The van der Waals surface area contributed by atoms with Crippen LogP contribution in [-0.4, -0.2) is 18.8 Å². The first-order chi connectivity index (χ1) is 6.69. The minimum absolute atomic E-state index is 0.158. The molecule has 0 heterocycles. The van der Waals surface area contributed by atoms with E-state index in [1.807, 2.05) is 0 Å². The zero-order valence-corrected chi connectivity index (χ0v) is 8.23. The molecule has 1 aromatic rings. The number of hydrogen-bond acceptors (Lipinski definition) is 4. The lowest BCUT2D eigenvalue weighted by molar-refractivity contribution is 0.405. The Balaban J connectivity index is 2.88. The summed E-state index contributed by atoms with van der Waals surface area (Å²) in [5, 5.41) is 9.62. The third kappa shape index (κ3) is 2.37. The lowest BCUT2D eigenvalue weighted by Gasteiger charge is -2.13. The van der Waals surface area contributed by atoms with Gasteiger partial charge in [-0.2, -0.15) is 0 Å². The van der Waals surface area contributed by atoms with Crippen molar-refractivity contribution in [3.63, 3.8) is 0 Å². The monoisotopic (exact) mass is 196 g/mol. The van der Waals surface area contributed by atoms with E-state index >= 15 is 0 Å². The van der Waals surface area contributed by atoms with Crippen LogP contribution in [0.1, 0.15) is 18.0 Å². The first-order valence-corrected chi connectivity index (χ1v) is 4.51. The van der Waals surface area contributed by atoms with Crippen molar-refractivity contribution >= 4 is 0 Å². The number of phenols is 1. The highest BCUT2D eigenvalue weighted by Crippen LogP contribution is 2.28. The van der Waals surface area contributed by atoms with E-state index in [-0.39, 0.29) is 11.8 Å². The van der Waals surface area contributed by atoms with Gasteiger partial charge in [0, 0.05) is 17.7 Å². The number of aromatic hydroxyl groups is 1. The lowest BCUT2D eigenvalue weighted by Crippen LogP contribution is -2.15. The molecule has 1 rings (SSSR count). The van der Waals surface area contributed by atoms with E-state index in [1.165, 1.54) is 0 Å². The molecule has 0 spiro atoms. The van der Waals surface area contributed by atoms with Crippen LogP contribution in [0, 0.1) is 0 Å². The van der Waals surface area contributed by atoms with Crippen molar-refractivity contribution in [2.24, 2.45) is 11.5 Å². The molecule has 0 aliphatic heterocycles. The molecular weight excluding hydrogens is 180 g/mol. The molecule has 0 fully saturated rings. The lowest BCUT2D eigenvalue weighted by atomic mass is 10.0. The fourth-order valence-corrected chi connectivity index (χ4v) is 1.30. The fraction of sp³-hybridized carbons (Fsp3) is 0.400. The summed E-state index contributed by atoms with van der Waals surface area (Å²) < 4.78 is 4.96. The molecule has 5 N–H and O–H groups in total. The van der Waals surface area contributed by atoms with Crippen molar-refractivity contribution in [2.45, 2.75) is 12.5 Å². The second kappa shape index (κ2) is 4.83. The average Bonchev–Trinajstić information content (AvgIpc) is 2.17. The first-order valence-electron chi connectivity index (χ1n) is 4.51. The van der Waals surface area contributed by atoms with Crippen molar-refractivity contribution in [1.29, 1.82) is 0 Å². The van der Waals surface area contributed by atoms with Gasteiger partial charge in [-0.1, -0.05) is 6.07 Å². The molecule has 1 aromatic carbocycles. The molecule has 4 nitrogen and oxygen atoms in total. The maximum absolute atomic E-state index is 9.62. The van der Waals surface area contributed by atoms with Gasteiger partial charge in [0.1, 0.15) is 11.5 Å². The molecule has 0 saturated heterocycles. The van der Waals surface area contributed by atoms with E-state index in [1.54, 1.807) is 25.3 Å². The van der Waals surface area contributed by atoms with Crippen LogP contribution in [-0.2, 0) is 0 Å². The zero-order valence-electron chi connectivity index (χ0n) is 8.23. The Morgan fingerprint density at radius 1 is 1.50 bits per heavy atom. The minimum Gasteiger partial charge on any atom is -0.507 e. The predicted octanol–water partition coefficient (Wildman–Crippen LogP) is 0.749. The Bertz CT molecular complexity index is 302. The molecule has 78 valence electrons. The summed E-state index contributed by atoms with van der Waals surface area (Å²) in [4.78, 5) is 0. The Labute approximate surface area is 83.5 Å². The molecule has 14 heavy (non-hydrogen) atoms. The molecular formula is C10H16N2O2. The molecule has 4 heteroatoms. The topological polar surface area (TPSA) is 81.5 Å². The van der Waals surface area contributed by atoms with Crippen LogP contribution in [0.15, 0.2) is 18.2 Å². The minimum atomic E-state index is -0.217. The van der Waals surface area contributed by atoms with Crippen molar-refractivity contribution in [3.8, 4) is 11.5 Å². The third-order valence-electron chi connectivity index (χ3n) is 2.11. The molecule has 0 amide bonds. The maximum Gasteiger partial charge on any atom is 0.124 e. The Morgan fingerprint density at radius 3 is 2.71 bits per heavy atom. The summed E-state index contributed by atoms with van der Waals surface area (Å²) in [5.74, 6) is 0.775. The van der Waals surface area contributed by atoms with E-state index in [2.05, 4.69) is 0 Å². The molecule has 0 unspecified atom stereocenters. The molecule has 0 aliphatic rings. The maximum atomic E-state index is 9.62. The fourth-order valence-electron chi connectivity index (χ4n) is 1.30. The van der Waals surface area contributed by atoms with Crippen LogP contribution >= 0.6 is 0 Å². The zero-order chi connectivity index (χ0) is 10.6. The molecule has 0 radical (unpaired) electrons. The van der Waals surface area contributed by atoms with E-state index in [0.717, 1.165) is 0 Å². The standard InChI is InChI=1S/C10H16N2O2/c1-14-7-2-3-8(10(13)6-7)9(12)4-5-11/h2-3,6,9,13H,4-5,11-12H2,1H3/t9-/m1/s1. The van der Waals surface area contributed by atoms with Crippen LogP contribution in [0.25, 0.3) is 0 Å². The van der Waals surface area contributed by atoms with Crippen LogP contribution < -0.4 is 16.2 Å². The molecule has 0 saturated carbocycles. The van der Waals surface area contributed by atoms with Gasteiger partial charge >= 0.3 is 0 Å². The van der Waals surface area contributed by atoms with Gasteiger partial charge in [-0.05, 0) is 19.0 Å². The van der Waals surface area contributed by atoms with Crippen LogP contribution in [0.3, 0.4) is 0 Å². The van der Waals surface area contributed by atoms with Gasteiger partial charge in [0.15, 0.2) is 0 Å². The van der Waals surface area contributed by atoms with Gasteiger partial charge in [-0.15, -0.1) is 0 Å². The van der Waals surface area contributed by atoms with E-state index in [0.29, 0.717) is 24.3 Å².